The SMILES string of the molecule is C=C.C[C@H]1CCO[C@@H](C)C1.O. The summed E-state index contributed by atoms with van der Waals surface area (Å²) in [6, 6.07) is 0. The van der Waals surface area contributed by atoms with E-state index in [4.69, 9.17) is 4.74 Å². The second kappa shape index (κ2) is 7.76. The highest BCUT2D eigenvalue weighted by atomic mass is 16.5. The molecular weight excluding hydrogens is 140 g/mol. The predicted molar refractivity (Wildman–Crippen MR) is 48.7 cm³/mol. The van der Waals surface area contributed by atoms with Crippen molar-refractivity contribution < 1.29 is 10.2 Å². The zero-order chi connectivity index (χ0) is 7.98. The molecule has 1 fully saturated rings. The predicted octanol–water partition coefficient (Wildman–Crippen LogP) is 1.80. The van der Waals surface area contributed by atoms with Gasteiger partial charge in [-0.15, -0.1) is 13.2 Å². The maximum atomic E-state index is 5.35. The minimum Gasteiger partial charge on any atom is -0.412 e. The summed E-state index contributed by atoms with van der Waals surface area (Å²) in [5.41, 5.74) is 0. The van der Waals surface area contributed by atoms with E-state index in [1.807, 2.05) is 0 Å². The lowest BCUT2D eigenvalue weighted by Crippen LogP contribution is -2.20. The molecule has 0 bridgehead atoms. The summed E-state index contributed by atoms with van der Waals surface area (Å²) in [4.78, 5) is 0. The van der Waals surface area contributed by atoms with Crippen LogP contribution in [-0.2, 0) is 4.74 Å². The third kappa shape index (κ3) is 6.07. The summed E-state index contributed by atoms with van der Waals surface area (Å²) in [7, 11) is 0. The first-order chi connectivity index (χ1) is 4.79. The normalized spacial score (nSPS) is 29.3. The molecule has 1 aliphatic rings. The summed E-state index contributed by atoms with van der Waals surface area (Å²) in [5, 5.41) is 0. The van der Waals surface area contributed by atoms with E-state index in [1.165, 1.54) is 12.8 Å². The maximum absolute atomic E-state index is 5.35. The molecule has 1 rings (SSSR count). The first kappa shape index (κ1) is 13.3. The molecular formula is C9H20O2. The van der Waals surface area contributed by atoms with E-state index in [-0.39, 0.29) is 5.48 Å². The molecule has 0 spiro atoms. The van der Waals surface area contributed by atoms with Gasteiger partial charge >= 0.3 is 0 Å². The summed E-state index contributed by atoms with van der Waals surface area (Å²) in [6.07, 6.45) is 3.02. The fourth-order valence-electron chi connectivity index (χ4n) is 1.22. The van der Waals surface area contributed by atoms with Crippen LogP contribution in [0.15, 0.2) is 13.2 Å². The van der Waals surface area contributed by atoms with Crippen molar-refractivity contribution in [2.45, 2.75) is 32.8 Å². The lowest BCUT2D eigenvalue weighted by atomic mass is 9.99. The Balaban J connectivity index is 0. The summed E-state index contributed by atoms with van der Waals surface area (Å²) in [5.74, 6) is 0.888. The van der Waals surface area contributed by atoms with E-state index >= 15 is 0 Å². The molecule has 1 heterocycles. The Labute approximate surface area is 69.6 Å². The van der Waals surface area contributed by atoms with Crippen LogP contribution in [-0.4, -0.2) is 18.2 Å². The fraction of sp³-hybridized carbons (Fsp3) is 0.778. The van der Waals surface area contributed by atoms with Gasteiger partial charge in [-0.05, 0) is 25.7 Å². The standard InChI is InChI=1S/C7H14O.C2H4.H2O/c1-6-3-4-8-7(2)5-6;1-2;/h6-7H,3-5H2,1-2H3;1-2H2;1H2/t6-,7-;;/m0../s1. The minimum atomic E-state index is 0. The van der Waals surface area contributed by atoms with Crippen LogP contribution in [0.1, 0.15) is 26.7 Å². The minimum absolute atomic E-state index is 0. The van der Waals surface area contributed by atoms with E-state index in [0.29, 0.717) is 6.10 Å². The van der Waals surface area contributed by atoms with E-state index in [9.17, 15) is 0 Å². The third-order valence-corrected chi connectivity index (χ3v) is 1.75. The Morgan fingerprint density at radius 3 is 2.09 bits per heavy atom. The van der Waals surface area contributed by atoms with Crippen LogP contribution in [0.5, 0.6) is 0 Å². The van der Waals surface area contributed by atoms with Crippen LogP contribution in [0, 0.1) is 5.92 Å². The zero-order valence-electron chi connectivity index (χ0n) is 7.60. The van der Waals surface area contributed by atoms with Gasteiger partial charge < -0.3 is 10.2 Å². The van der Waals surface area contributed by atoms with Gasteiger partial charge in [0.1, 0.15) is 0 Å². The van der Waals surface area contributed by atoms with E-state index in [2.05, 4.69) is 27.0 Å². The fourth-order valence-corrected chi connectivity index (χ4v) is 1.22. The molecule has 0 aromatic rings. The van der Waals surface area contributed by atoms with E-state index in [0.717, 1.165) is 12.5 Å². The average molecular weight is 160 g/mol. The summed E-state index contributed by atoms with van der Waals surface area (Å²) >= 11 is 0. The topological polar surface area (TPSA) is 40.7 Å². The van der Waals surface area contributed by atoms with Gasteiger partial charge in [0.2, 0.25) is 0 Å². The average Bonchev–Trinajstić information content (AvgIpc) is 1.91. The summed E-state index contributed by atoms with van der Waals surface area (Å²) in [6.45, 7) is 11.4. The lowest BCUT2D eigenvalue weighted by molar-refractivity contribution is 0.00682. The number of hydrogen-bond acceptors (Lipinski definition) is 1. The highest BCUT2D eigenvalue weighted by molar-refractivity contribution is 4.63. The quantitative estimate of drug-likeness (QED) is 0.498. The highest BCUT2D eigenvalue weighted by Crippen LogP contribution is 2.18. The molecule has 68 valence electrons. The molecule has 1 aliphatic heterocycles. The van der Waals surface area contributed by atoms with Gasteiger partial charge in [0.05, 0.1) is 6.10 Å². The molecule has 0 saturated carbocycles. The van der Waals surface area contributed by atoms with Crippen molar-refractivity contribution in [2.75, 3.05) is 6.61 Å². The number of rotatable bonds is 0. The smallest absolute Gasteiger partial charge is 0.0549 e. The second-order valence-electron chi connectivity index (χ2n) is 2.81. The first-order valence-corrected chi connectivity index (χ1v) is 3.90. The molecule has 0 aliphatic carbocycles. The van der Waals surface area contributed by atoms with Crippen LogP contribution in [0.4, 0.5) is 0 Å². The molecule has 0 aromatic carbocycles. The Hall–Kier alpha value is -0.340. The largest absolute Gasteiger partial charge is 0.412 e. The van der Waals surface area contributed by atoms with Crippen LogP contribution in [0.2, 0.25) is 0 Å². The Morgan fingerprint density at radius 2 is 1.82 bits per heavy atom. The molecule has 0 aromatic heterocycles. The molecule has 0 unspecified atom stereocenters. The Kier molecular flexibility index (Phi) is 9.36. The van der Waals surface area contributed by atoms with E-state index in [1.54, 1.807) is 0 Å². The van der Waals surface area contributed by atoms with Crippen molar-refractivity contribution in [3.8, 4) is 0 Å². The molecule has 1 saturated heterocycles. The van der Waals surface area contributed by atoms with Crippen molar-refractivity contribution in [1.82, 2.24) is 0 Å². The zero-order valence-corrected chi connectivity index (χ0v) is 7.60. The van der Waals surface area contributed by atoms with Gasteiger partial charge in [-0.3, -0.25) is 0 Å². The van der Waals surface area contributed by atoms with E-state index < -0.39 is 0 Å². The van der Waals surface area contributed by atoms with Gasteiger partial charge in [0.25, 0.3) is 0 Å². The van der Waals surface area contributed by atoms with Crippen LogP contribution >= 0.6 is 0 Å². The second-order valence-corrected chi connectivity index (χ2v) is 2.81. The van der Waals surface area contributed by atoms with Crippen molar-refractivity contribution >= 4 is 0 Å². The van der Waals surface area contributed by atoms with Crippen molar-refractivity contribution in [3.05, 3.63) is 13.2 Å². The van der Waals surface area contributed by atoms with Gasteiger partial charge in [0.15, 0.2) is 0 Å². The highest BCUT2D eigenvalue weighted by Gasteiger charge is 2.13. The van der Waals surface area contributed by atoms with Gasteiger partial charge in [-0.1, -0.05) is 6.92 Å². The van der Waals surface area contributed by atoms with Gasteiger partial charge in [0, 0.05) is 6.61 Å². The van der Waals surface area contributed by atoms with Gasteiger partial charge in [-0.2, -0.15) is 0 Å². The molecule has 0 radical (unpaired) electrons. The number of ether oxygens (including phenoxy) is 1. The summed E-state index contributed by atoms with van der Waals surface area (Å²) < 4.78 is 5.35. The number of hydrogen-bond donors (Lipinski definition) is 0. The molecule has 0 amide bonds. The molecule has 2 heteroatoms. The van der Waals surface area contributed by atoms with Crippen LogP contribution in [0.3, 0.4) is 0 Å². The Morgan fingerprint density at radius 1 is 1.27 bits per heavy atom. The maximum Gasteiger partial charge on any atom is 0.0549 e. The molecule has 2 nitrogen and oxygen atoms in total. The first-order valence-electron chi connectivity index (χ1n) is 3.90. The molecule has 2 atom stereocenters. The monoisotopic (exact) mass is 160 g/mol. The molecule has 2 N–H and O–H groups in total. The third-order valence-electron chi connectivity index (χ3n) is 1.75. The van der Waals surface area contributed by atoms with Crippen molar-refractivity contribution in [3.63, 3.8) is 0 Å². The lowest BCUT2D eigenvalue weighted by Gasteiger charge is -2.23. The van der Waals surface area contributed by atoms with Crippen LogP contribution in [0.25, 0.3) is 0 Å². The van der Waals surface area contributed by atoms with Crippen molar-refractivity contribution in [2.24, 2.45) is 5.92 Å². The van der Waals surface area contributed by atoms with Gasteiger partial charge in [-0.25, -0.2) is 0 Å². The van der Waals surface area contributed by atoms with Crippen molar-refractivity contribution in [1.29, 1.82) is 0 Å². The molecule has 11 heavy (non-hydrogen) atoms. The van der Waals surface area contributed by atoms with Crippen LogP contribution < -0.4 is 0 Å². The Bertz CT molecular complexity index is 75.6.